The molecule has 4 nitrogen and oxygen atoms in total. The molecule has 3 unspecified atom stereocenters. The molecule has 2 rings (SSSR count). The number of nitrogen functional groups attached to an aromatic ring is 1. The third-order valence-corrected chi connectivity index (χ3v) is 4.76. The highest BCUT2D eigenvalue weighted by molar-refractivity contribution is 6.34. The minimum absolute atomic E-state index is 0.320. The van der Waals surface area contributed by atoms with E-state index < -0.39 is 5.97 Å². The van der Waals surface area contributed by atoms with Crippen LogP contribution in [-0.4, -0.2) is 19.1 Å². The second kappa shape index (κ2) is 6.56. The van der Waals surface area contributed by atoms with Crippen LogP contribution in [0.3, 0.4) is 0 Å². The minimum Gasteiger partial charge on any atom is -0.465 e. The Balaban J connectivity index is 2.25. The summed E-state index contributed by atoms with van der Waals surface area (Å²) < 4.78 is 4.82. The quantitative estimate of drug-likeness (QED) is 0.655. The topological polar surface area (TPSA) is 64.3 Å². The van der Waals surface area contributed by atoms with Gasteiger partial charge < -0.3 is 15.8 Å². The molecule has 5 heteroatoms. The fraction of sp³-hybridized carbons (Fsp3) is 0.562. The van der Waals surface area contributed by atoms with Crippen molar-refractivity contribution in [2.24, 2.45) is 11.8 Å². The van der Waals surface area contributed by atoms with Crippen LogP contribution < -0.4 is 11.1 Å². The van der Waals surface area contributed by atoms with Crippen LogP contribution in [0.1, 0.15) is 43.5 Å². The molecule has 0 amide bonds. The summed E-state index contributed by atoms with van der Waals surface area (Å²) in [5.41, 5.74) is 7.26. The number of methoxy groups -OCH3 is 1. The lowest BCUT2D eigenvalue weighted by Crippen LogP contribution is -2.31. The van der Waals surface area contributed by atoms with Crippen LogP contribution in [0, 0.1) is 11.8 Å². The van der Waals surface area contributed by atoms with Gasteiger partial charge in [0.25, 0.3) is 0 Å². The number of carbonyl (C=O) groups excluding carboxylic acids is 1. The number of hydrogen-bond donors (Lipinski definition) is 2. The van der Waals surface area contributed by atoms with Gasteiger partial charge in [0.2, 0.25) is 0 Å². The van der Waals surface area contributed by atoms with Crippen LogP contribution in [0.25, 0.3) is 0 Å². The second-order valence-corrected chi connectivity index (χ2v) is 6.43. The second-order valence-electron chi connectivity index (χ2n) is 6.03. The lowest BCUT2D eigenvalue weighted by atomic mass is 9.79. The number of hydrogen-bond acceptors (Lipinski definition) is 4. The van der Waals surface area contributed by atoms with Gasteiger partial charge in [0.05, 0.1) is 23.4 Å². The van der Waals surface area contributed by atoms with E-state index in [-0.39, 0.29) is 0 Å². The first-order valence-electron chi connectivity index (χ1n) is 7.36. The van der Waals surface area contributed by atoms with Crippen LogP contribution in [0.2, 0.25) is 5.02 Å². The predicted molar refractivity (Wildman–Crippen MR) is 86.8 cm³/mol. The van der Waals surface area contributed by atoms with E-state index in [1.807, 2.05) is 0 Å². The van der Waals surface area contributed by atoms with Gasteiger partial charge in [0.15, 0.2) is 0 Å². The van der Waals surface area contributed by atoms with E-state index in [0.717, 1.165) is 18.8 Å². The van der Waals surface area contributed by atoms with Gasteiger partial charge in [-0.05, 0) is 43.2 Å². The van der Waals surface area contributed by atoms with Gasteiger partial charge in [-0.15, -0.1) is 0 Å². The molecule has 0 saturated heterocycles. The lowest BCUT2D eigenvalue weighted by molar-refractivity contribution is 0.0602. The molecule has 1 aliphatic carbocycles. The largest absolute Gasteiger partial charge is 0.465 e. The van der Waals surface area contributed by atoms with Crippen LogP contribution in [-0.2, 0) is 4.74 Å². The average Bonchev–Trinajstić information content (AvgIpc) is 2.44. The SMILES string of the molecule is COC(=O)c1cc(N)cc(Cl)c1NC1CCC(C)C(C)C1. The summed E-state index contributed by atoms with van der Waals surface area (Å²) in [5.74, 6) is 0.972. The number of anilines is 2. The highest BCUT2D eigenvalue weighted by atomic mass is 35.5. The molecular weight excluding hydrogens is 288 g/mol. The van der Waals surface area contributed by atoms with Gasteiger partial charge in [0, 0.05) is 11.7 Å². The number of benzene rings is 1. The highest BCUT2D eigenvalue weighted by Crippen LogP contribution is 2.35. The zero-order valence-electron chi connectivity index (χ0n) is 12.8. The maximum absolute atomic E-state index is 11.9. The average molecular weight is 311 g/mol. The first kappa shape index (κ1) is 16.0. The molecule has 116 valence electrons. The fourth-order valence-corrected chi connectivity index (χ4v) is 3.21. The Labute approximate surface area is 131 Å². The number of esters is 1. The molecule has 1 fully saturated rings. The van der Waals surface area contributed by atoms with E-state index in [0.29, 0.717) is 33.9 Å². The van der Waals surface area contributed by atoms with E-state index in [9.17, 15) is 4.79 Å². The first-order valence-corrected chi connectivity index (χ1v) is 7.74. The maximum Gasteiger partial charge on any atom is 0.340 e. The molecule has 3 atom stereocenters. The van der Waals surface area contributed by atoms with E-state index >= 15 is 0 Å². The molecular formula is C16H23ClN2O2. The summed E-state index contributed by atoms with van der Waals surface area (Å²) in [6.07, 6.45) is 3.33. The minimum atomic E-state index is -0.427. The summed E-state index contributed by atoms with van der Waals surface area (Å²) >= 11 is 6.27. The van der Waals surface area contributed by atoms with Crippen molar-refractivity contribution >= 4 is 28.9 Å². The van der Waals surface area contributed by atoms with Crippen molar-refractivity contribution in [3.05, 3.63) is 22.7 Å². The van der Waals surface area contributed by atoms with Gasteiger partial charge >= 0.3 is 5.97 Å². The monoisotopic (exact) mass is 310 g/mol. The van der Waals surface area contributed by atoms with Crippen molar-refractivity contribution in [2.45, 2.75) is 39.2 Å². The maximum atomic E-state index is 11.9. The summed E-state index contributed by atoms with van der Waals surface area (Å²) in [6, 6.07) is 3.58. The van der Waals surface area contributed by atoms with Crippen molar-refractivity contribution in [1.29, 1.82) is 0 Å². The molecule has 0 aliphatic heterocycles. The Morgan fingerprint density at radius 1 is 1.33 bits per heavy atom. The number of nitrogens with two attached hydrogens (primary N) is 1. The molecule has 1 saturated carbocycles. The number of halogens is 1. The number of carbonyl (C=O) groups is 1. The van der Waals surface area contributed by atoms with Crippen LogP contribution >= 0.6 is 11.6 Å². The van der Waals surface area contributed by atoms with Crippen molar-refractivity contribution in [1.82, 2.24) is 0 Å². The molecule has 0 heterocycles. The van der Waals surface area contributed by atoms with E-state index in [1.165, 1.54) is 13.5 Å². The zero-order chi connectivity index (χ0) is 15.6. The Bertz CT molecular complexity index is 533. The van der Waals surface area contributed by atoms with Crippen molar-refractivity contribution in [3.63, 3.8) is 0 Å². The molecule has 3 N–H and O–H groups in total. The molecule has 1 aromatic rings. The predicted octanol–water partition coefficient (Wildman–Crippen LogP) is 3.95. The molecule has 1 aromatic carbocycles. The van der Waals surface area contributed by atoms with Crippen LogP contribution in [0.5, 0.6) is 0 Å². The number of nitrogens with one attached hydrogen (secondary N) is 1. The summed E-state index contributed by atoms with van der Waals surface area (Å²) in [6.45, 7) is 4.56. The highest BCUT2D eigenvalue weighted by Gasteiger charge is 2.26. The Morgan fingerprint density at radius 3 is 2.67 bits per heavy atom. The molecule has 0 spiro atoms. The third-order valence-electron chi connectivity index (χ3n) is 4.46. The Kier molecular flexibility index (Phi) is 4.99. The molecule has 0 aromatic heterocycles. The fourth-order valence-electron chi connectivity index (χ4n) is 2.93. The molecule has 0 bridgehead atoms. The van der Waals surface area contributed by atoms with Gasteiger partial charge in [-0.25, -0.2) is 4.79 Å². The molecule has 0 radical (unpaired) electrons. The summed E-state index contributed by atoms with van der Waals surface area (Å²) in [5, 5.41) is 3.88. The Hall–Kier alpha value is -1.42. The van der Waals surface area contributed by atoms with Crippen molar-refractivity contribution in [2.75, 3.05) is 18.2 Å². The standard InChI is InChI=1S/C16H23ClN2O2/c1-9-4-5-12(6-10(9)2)19-15-13(16(20)21-3)7-11(18)8-14(15)17/h7-10,12,19H,4-6,18H2,1-3H3. The first-order chi connectivity index (χ1) is 9.92. The van der Waals surface area contributed by atoms with Crippen molar-refractivity contribution in [3.8, 4) is 0 Å². The van der Waals surface area contributed by atoms with Gasteiger partial charge in [-0.3, -0.25) is 0 Å². The van der Waals surface area contributed by atoms with Crippen molar-refractivity contribution < 1.29 is 9.53 Å². The summed E-state index contributed by atoms with van der Waals surface area (Å²) in [7, 11) is 1.35. The van der Waals surface area contributed by atoms with Gasteiger partial charge in [0.1, 0.15) is 0 Å². The number of rotatable bonds is 3. The van der Waals surface area contributed by atoms with Gasteiger partial charge in [-0.2, -0.15) is 0 Å². The van der Waals surface area contributed by atoms with Gasteiger partial charge in [-0.1, -0.05) is 25.4 Å². The molecule has 21 heavy (non-hydrogen) atoms. The lowest BCUT2D eigenvalue weighted by Gasteiger charge is -2.33. The molecule has 1 aliphatic rings. The van der Waals surface area contributed by atoms with Crippen LogP contribution in [0.4, 0.5) is 11.4 Å². The van der Waals surface area contributed by atoms with Crippen LogP contribution in [0.15, 0.2) is 12.1 Å². The Morgan fingerprint density at radius 2 is 2.05 bits per heavy atom. The number of ether oxygens (including phenoxy) is 1. The van der Waals surface area contributed by atoms with E-state index in [1.54, 1.807) is 12.1 Å². The normalized spacial score (nSPS) is 25.4. The third kappa shape index (κ3) is 3.62. The zero-order valence-corrected chi connectivity index (χ0v) is 13.5. The van der Waals surface area contributed by atoms with E-state index in [4.69, 9.17) is 22.1 Å². The van der Waals surface area contributed by atoms with E-state index in [2.05, 4.69) is 19.2 Å². The summed E-state index contributed by atoms with van der Waals surface area (Å²) in [4.78, 5) is 11.9. The smallest absolute Gasteiger partial charge is 0.340 e.